The molecule has 5 rings (SSSR count). The number of fused-ring (bicyclic) bond motifs is 3. The Morgan fingerprint density at radius 2 is 1.97 bits per heavy atom. The lowest BCUT2D eigenvalue weighted by atomic mass is 9.44. The monoisotopic (exact) mass is 451 g/mol. The SMILES string of the molecule is COc1cc2c(c3c1C(=O)NC3)O[C@@]13CC(Cl)C(Cl)C(C)(C)[C@@H]1CC[C@H](C)[C@@]3(C)C2. The average molecular weight is 452 g/mol. The second kappa shape index (κ2) is 6.45. The molecule has 4 nitrogen and oxygen atoms in total. The third kappa shape index (κ3) is 2.38. The second-order valence-corrected chi connectivity index (χ2v) is 11.7. The zero-order valence-electron chi connectivity index (χ0n) is 18.4. The van der Waals surface area contributed by atoms with Gasteiger partial charge in [-0.15, -0.1) is 23.2 Å². The molecule has 30 heavy (non-hydrogen) atoms. The van der Waals surface area contributed by atoms with Crippen LogP contribution in [-0.4, -0.2) is 29.4 Å². The first-order valence-electron chi connectivity index (χ1n) is 11.0. The molecule has 2 fully saturated rings. The summed E-state index contributed by atoms with van der Waals surface area (Å²) in [5.41, 5.74) is 2.07. The number of hydrogen-bond donors (Lipinski definition) is 1. The Labute approximate surface area is 189 Å². The van der Waals surface area contributed by atoms with Crippen LogP contribution in [0.25, 0.3) is 0 Å². The Kier molecular flexibility index (Phi) is 4.46. The number of nitrogens with one attached hydrogen (secondary N) is 1. The van der Waals surface area contributed by atoms with E-state index < -0.39 is 5.60 Å². The molecule has 2 aliphatic heterocycles. The molecule has 2 unspecified atom stereocenters. The minimum Gasteiger partial charge on any atom is -0.496 e. The van der Waals surface area contributed by atoms with Crippen molar-refractivity contribution in [1.82, 2.24) is 5.32 Å². The number of alkyl halides is 2. The van der Waals surface area contributed by atoms with Crippen molar-refractivity contribution >= 4 is 29.1 Å². The summed E-state index contributed by atoms with van der Waals surface area (Å²) in [6.07, 6.45) is 3.87. The number of rotatable bonds is 1. The zero-order valence-corrected chi connectivity index (χ0v) is 19.9. The van der Waals surface area contributed by atoms with Crippen molar-refractivity contribution in [3.8, 4) is 11.5 Å². The van der Waals surface area contributed by atoms with Gasteiger partial charge in [0.25, 0.3) is 5.91 Å². The molecule has 0 bridgehead atoms. The number of hydrogen-bond acceptors (Lipinski definition) is 3. The lowest BCUT2D eigenvalue weighted by molar-refractivity contribution is -0.208. The fraction of sp³-hybridized carbons (Fsp3) is 0.708. The Hall–Kier alpha value is -1.13. The Morgan fingerprint density at radius 3 is 2.67 bits per heavy atom. The first-order valence-corrected chi connectivity index (χ1v) is 11.9. The molecule has 2 heterocycles. The number of carbonyl (C=O) groups is 1. The highest BCUT2D eigenvalue weighted by molar-refractivity contribution is 6.30. The van der Waals surface area contributed by atoms with Crippen molar-refractivity contribution in [3.05, 3.63) is 22.8 Å². The standard InChI is InChI=1S/C24H31Cl2NO3/c1-12-6-7-17-22(2,3)20(26)15(25)10-24(17)23(12,4)9-13-8-16(29-5)18-14(19(13)30-24)11-27-21(18)28/h8,12,15,17,20H,6-7,9-11H2,1-5H3,(H,27,28)/t12-,15?,17-,20?,23+,24-/m0/s1. The lowest BCUT2D eigenvalue weighted by Crippen LogP contribution is -2.71. The summed E-state index contributed by atoms with van der Waals surface area (Å²) in [5, 5.41) is 2.70. The van der Waals surface area contributed by atoms with Gasteiger partial charge in [-0.3, -0.25) is 4.79 Å². The summed E-state index contributed by atoms with van der Waals surface area (Å²) in [5.74, 6) is 2.22. The van der Waals surface area contributed by atoms with Gasteiger partial charge >= 0.3 is 0 Å². The quantitative estimate of drug-likeness (QED) is 0.588. The van der Waals surface area contributed by atoms with Crippen LogP contribution < -0.4 is 14.8 Å². The molecule has 1 spiro atoms. The average Bonchev–Trinajstić information content (AvgIpc) is 3.08. The van der Waals surface area contributed by atoms with Crippen LogP contribution >= 0.6 is 23.2 Å². The Morgan fingerprint density at radius 1 is 1.23 bits per heavy atom. The van der Waals surface area contributed by atoms with Gasteiger partial charge in [-0.1, -0.05) is 27.7 Å². The maximum atomic E-state index is 12.5. The van der Waals surface area contributed by atoms with Crippen LogP contribution in [0.2, 0.25) is 0 Å². The van der Waals surface area contributed by atoms with E-state index in [0.29, 0.717) is 29.7 Å². The predicted octanol–water partition coefficient (Wildman–Crippen LogP) is 5.31. The molecule has 0 radical (unpaired) electrons. The van der Waals surface area contributed by atoms with E-state index in [1.54, 1.807) is 7.11 Å². The maximum Gasteiger partial charge on any atom is 0.255 e. The second-order valence-electron chi connectivity index (χ2n) is 10.7. The molecule has 1 aromatic carbocycles. The van der Waals surface area contributed by atoms with E-state index in [2.05, 4.69) is 33.0 Å². The molecule has 1 N–H and O–H groups in total. The highest BCUT2D eigenvalue weighted by atomic mass is 35.5. The normalized spacial score (nSPS) is 41.0. The Bertz CT molecular complexity index is 932. The van der Waals surface area contributed by atoms with Crippen molar-refractivity contribution in [2.24, 2.45) is 22.7 Å². The molecule has 2 saturated carbocycles. The summed E-state index contributed by atoms with van der Waals surface area (Å²) in [6.45, 7) is 9.72. The Balaban J connectivity index is 1.74. The molecule has 0 aromatic heterocycles. The largest absolute Gasteiger partial charge is 0.496 e. The van der Waals surface area contributed by atoms with E-state index in [0.717, 1.165) is 42.6 Å². The topological polar surface area (TPSA) is 47.6 Å². The van der Waals surface area contributed by atoms with E-state index in [1.807, 2.05) is 6.07 Å². The fourth-order valence-corrected chi connectivity index (χ4v) is 7.96. The highest BCUT2D eigenvalue weighted by Crippen LogP contribution is 2.67. The van der Waals surface area contributed by atoms with Gasteiger partial charge in [-0.25, -0.2) is 0 Å². The van der Waals surface area contributed by atoms with E-state index in [9.17, 15) is 4.79 Å². The van der Waals surface area contributed by atoms with Crippen LogP contribution in [0.3, 0.4) is 0 Å². The molecule has 164 valence electrons. The van der Waals surface area contributed by atoms with Crippen molar-refractivity contribution < 1.29 is 14.3 Å². The van der Waals surface area contributed by atoms with E-state index >= 15 is 0 Å². The number of halogens is 2. The molecular formula is C24H31Cl2NO3. The van der Waals surface area contributed by atoms with Crippen molar-refractivity contribution in [2.75, 3.05) is 7.11 Å². The minimum atomic E-state index is -0.396. The van der Waals surface area contributed by atoms with Crippen LogP contribution in [0.1, 0.15) is 68.4 Å². The minimum absolute atomic E-state index is 0.0698. The summed E-state index contributed by atoms with van der Waals surface area (Å²) < 4.78 is 12.8. The summed E-state index contributed by atoms with van der Waals surface area (Å²) in [4.78, 5) is 12.5. The summed E-state index contributed by atoms with van der Waals surface area (Å²) >= 11 is 13.8. The van der Waals surface area contributed by atoms with Crippen LogP contribution in [-0.2, 0) is 13.0 Å². The number of methoxy groups -OCH3 is 1. The number of ether oxygens (including phenoxy) is 2. The highest BCUT2D eigenvalue weighted by Gasteiger charge is 2.69. The van der Waals surface area contributed by atoms with Crippen molar-refractivity contribution in [2.45, 2.75) is 76.3 Å². The van der Waals surface area contributed by atoms with Gasteiger partial charge in [-0.2, -0.15) is 0 Å². The fourth-order valence-electron chi connectivity index (χ4n) is 7.16. The van der Waals surface area contributed by atoms with Gasteiger partial charge in [0, 0.05) is 29.9 Å². The lowest BCUT2D eigenvalue weighted by Gasteiger charge is -2.67. The smallest absolute Gasteiger partial charge is 0.255 e. The van der Waals surface area contributed by atoms with Crippen LogP contribution in [0.5, 0.6) is 11.5 Å². The summed E-state index contributed by atoms with van der Waals surface area (Å²) in [7, 11) is 1.63. The van der Waals surface area contributed by atoms with Gasteiger partial charge in [0.1, 0.15) is 17.1 Å². The molecule has 2 aliphatic carbocycles. The van der Waals surface area contributed by atoms with E-state index in [-0.39, 0.29) is 27.5 Å². The van der Waals surface area contributed by atoms with Gasteiger partial charge < -0.3 is 14.8 Å². The van der Waals surface area contributed by atoms with Crippen LogP contribution in [0, 0.1) is 22.7 Å². The predicted molar refractivity (Wildman–Crippen MR) is 119 cm³/mol. The van der Waals surface area contributed by atoms with Gasteiger partial charge in [0.05, 0.1) is 23.4 Å². The number of amides is 1. The first-order chi connectivity index (χ1) is 14.1. The molecule has 1 amide bonds. The van der Waals surface area contributed by atoms with Gasteiger partial charge in [0.15, 0.2) is 0 Å². The third-order valence-corrected chi connectivity index (χ3v) is 10.5. The van der Waals surface area contributed by atoms with Gasteiger partial charge in [-0.05, 0) is 42.2 Å². The third-order valence-electron chi connectivity index (χ3n) is 9.06. The molecule has 0 saturated heterocycles. The number of benzene rings is 1. The molecule has 4 aliphatic rings. The van der Waals surface area contributed by atoms with E-state index in [4.69, 9.17) is 32.7 Å². The van der Waals surface area contributed by atoms with Crippen molar-refractivity contribution in [1.29, 1.82) is 0 Å². The zero-order chi connectivity index (χ0) is 21.6. The summed E-state index contributed by atoms with van der Waals surface area (Å²) in [6, 6.07) is 2.02. The molecular weight excluding hydrogens is 421 g/mol. The van der Waals surface area contributed by atoms with Crippen LogP contribution in [0.4, 0.5) is 0 Å². The van der Waals surface area contributed by atoms with E-state index in [1.165, 1.54) is 0 Å². The molecule has 6 atom stereocenters. The van der Waals surface area contributed by atoms with Gasteiger partial charge in [0.2, 0.25) is 0 Å². The maximum absolute atomic E-state index is 12.5. The molecule has 6 heteroatoms. The molecule has 1 aromatic rings. The van der Waals surface area contributed by atoms with Crippen molar-refractivity contribution in [3.63, 3.8) is 0 Å². The van der Waals surface area contributed by atoms with Crippen LogP contribution in [0.15, 0.2) is 6.07 Å². The number of carbonyl (C=O) groups excluding carboxylic acids is 1. The first kappa shape index (κ1) is 20.8.